The molecule has 0 aliphatic heterocycles. The third-order valence-corrected chi connectivity index (χ3v) is 1.41. The van der Waals surface area contributed by atoms with Crippen molar-refractivity contribution in [2.75, 3.05) is 12.4 Å². The Hall–Kier alpha value is -1.65. The van der Waals surface area contributed by atoms with E-state index in [1.165, 1.54) is 6.20 Å². The van der Waals surface area contributed by atoms with Gasteiger partial charge in [0.15, 0.2) is 0 Å². The molecule has 0 unspecified atom stereocenters. The van der Waals surface area contributed by atoms with E-state index in [1.807, 2.05) is 0 Å². The monoisotopic (exact) mass is 166 g/mol. The lowest BCUT2D eigenvalue weighted by Gasteiger charge is -2.03. The molecule has 0 aliphatic carbocycles. The zero-order valence-electron chi connectivity index (χ0n) is 6.96. The first-order chi connectivity index (χ1) is 5.65. The van der Waals surface area contributed by atoms with Gasteiger partial charge in [0.2, 0.25) is 0 Å². The van der Waals surface area contributed by atoms with Crippen molar-refractivity contribution in [3.63, 3.8) is 0 Å². The molecule has 1 amide bonds. The highest BCUT2D eigenvalue weighted by molar-refractivity contribution is 5.97. The Morgan fingerprint density at radius 3 is 2.83 bits per heavy atom. The summed E-state index contributed by atoms with van der Waals surface area (Å²) in [6.45, 7) is 1.74. The fraction of sp³-hybridized carbons (Fsp3) is 0.286. The van der Waals surface area contributed by atoms with E-state index in [4.69, 9.17) is 5.73 Å². The van der Waals surface area contributed by atoms with E-state index in [0.29, 0.717) is 17.2 Å². The van der Waals surface area contributed by atoms with Crippen molar-refractivity contribution in [1.82, 2.24) is 9.97 Å². The van der Waals surface area contributed by atoms with Crippen LogP contribution in [0.3, 0.4) is 0 Å². The summed E-state index contributed by atoms with van der Waals surface area (Å²) in [4.78, 5) is 18.6. The summed E-state index contributed by atoms with van der Waals surface area (Å²) < 4.78 is 0. The molecule has 0 saturated heterocycles. The quantitative estimate of drug-likeness (QED) is 0.644. The van der Waals surface area contributed by atoms with Gasteiger partial charge in [0.25, 0.3) is 5.91 Å². The minimum atomic E-state index is -0.528. The molecule has 12 heavy (non-hydrogen) atoms. The zero-order chi connectivity index (χ0) is 9.14. The van der Waals surface area contributed by atoms with E-state index in [1.54, 1.807) is 14.0 Å². The predicted octanol–water partition coefficient (Wildman–Crippen LogP) is -0.0744. The topological polar surface area (TPSA) is 80.9 Å². The lowest BCUT2D eigenvalue weighted by Crippen LogP contribution is -2.15. The summed E-state index contributed by atoms with van der Waals surface area (Å²) in [7, 11) is 1.67. The second-order valence-electron chi connectivity index (χ2n) is 2.29. The van der Waals surface area contributed by atoms with E-state index in [9.17, 15) is 4.79 Å². The summed E-state index contributed by atoms with van der Waals surface area (Å²) in [5.74, 6) is 0.540. The third-order valence-electron chi connectivity index (χ3n) is 1.41. The first-order valence-corrected chi connectivity index (χ1v) is 3.46. The van der Waals surface area contributed by atoms with Crippen molar-refractivity contribution in [3.05, 3.63) is 17.6 Å². The molecule has 5 heteroatoms. The van der Waals surface area contributed by atoms with Crippen LogP contribution in [0.15, 0.2) is 6.20 Å². The molecule has 0 atom stereocenters. The Morgan fingerprint density at radius 1 is 1.67 bits per heavy atom. The molecule has 1 aromatic heterocycles. The maximum atomic E-state index is 10.8. The van der Waals surface area contributed by atoms with Gasteiger partial charge in [-0.05, 0) is 6.92 Å². The van der Waals surface area contributed by atoms with Gasteiger partial charge in [0.05, 0.1) is 5.56 Å². The lowest BCUT2D eigenvalue weighted by atomic mass is 10.3. The van der Waals surface area contributed by atoms with Crippen LogP contribution in [0.2, 0.25) is 0 Å². The van der Waals surface area contributed by atoms with Crippen LogP contribution in [-0.2, 0) is 0 Å². The average Bonchev–Trinajstić information content (AvgIpc) is 2.03. The normalized spacial score (nSPS) is 9.50. The fourth-order valence-electron chi connectivity index (χ4n) is 0.841. The first-order valence-electron chi connectivity index (χ1n) is 3.46. The summed E-state index contributed by atoms with van der Waals surface area (Å²) in [6.07, 6.45) is 1.41. The molecule has 0 aliphatic rings. The van der Waals surface area contributed by atoms with Crippen LogP contribution >= 0.6 is 0 Å². The average molecular weight is 166 g/mol. The Labute approximate surface area is 70.0 Å². The van der Waals surface area contributed by atoms with Crippen molar-refractivity contribution < 1.29 is 4.79 Å². The van der Waals surface area contributed by atoms with Gasteiger partial charge in [0.1, 0.15) is 11.6 Å². The Kier molecular flexibility index (Phi) is 2.23. The van der Waals surface area contributed by atoms with Gasteiger partial charge >= 0.3 is 0 Å². The highest BCUT2D eigenvalue weighted by Crippen LogP contribution is 2.08. The van der Waals surface area contributed by atoms with Crippen LogP contribution in [0.5, 0.6) is 0 Å². The highest BCUT2D eigenvalue weighted by Gasteiger charge is 2.08. The van der Waals surface area contributed by atoms with Crippen LogP contribution in [-0.4, -0.2) is 22.9 Å². The lowest BCUT2D eigenvalue weighted by molar-refractivity contribution is 0.100. The molecule has 3 N–H and O–H groups in total. The Bertz CT molecular complexity index is 310. The van der Waals surface area contributed by atoms with Crippen molar-refractivity contribution in [1.29, 1.82) is 0 Å². The molecule has 1 aromatic rings. The van der Waals surface area contributed by atoms with Gasteiger partial charge in [-0.3, -0.25) is 4.79 Å². The molecular weight excluding hydrogens is 156 g/mol. The van der Waals surface area contributed by atoms with Gasteiger partial charge in [0, 0.05) is 13.2 Å². The van der Waals surface area contributed by atoms with E-state index >= 15 is 0 Å². The number of carbonyl (C=O) groups excluding carboxylic acids is 1. The second kappa shape index (κ2) is 3.17. The summed E-state index contributed by atoms with van der Waals surface area (Å²) >= 11 is 0. The Balaban J connectivity index is 3.20. The standard InChI is InChI=1S/C7H10N4O/c1-4-10-3-5(6(8)12)7(9-2)11-4/h3H,1-2H3,(H2,8,12)(H,9,10,11). The van der Waals surface area contributed by atoms with Gasteiger partial charge in [-0.15, -0.1) is 0 Å². The molecular formula is C7H10N4O. The van der Waals surface area contributed by atoms with E-state index in [0.717, 1.165) is 0 Å². The SMILES string of the molecule is CNc1nc(C)ncc1C(N)=O. The van der Waals surface area contributed by atoms with Crippen LogP contribution in [0.4, 0.5) is 5.82 Å². The smallest absolute Gasteiger partial charge is 0.254 e. The predicted molar refractivity (Wildman–Crippen MR) is 44.8 cm³/mol. The highest BCUT2D eigenvalue weighted by atomic mass is 16.1. The molecule has 0 saturated carbocycles. The largest absolute Gasteiger partial charge is 0.372 e. The van der Waals surface area contributed by atoms with E-state index < -0.39 is 5.91 Å². The molecule has 64 valence electrons. The minimum absolute atomic E-state index is 0.308. The molecule has 0 aromatic carbocycles. The van der Waals surface area contributed by atoms with Crippen LogP contribution in [0, 0.1) is 6.92 Å². The van der Waals surface area contributed by atoms with Crippen molar-refractivity contribution in [3.8, 4) is 0 Å². The number of carbonyl (C=O) groups is 1. The zero-order valence-corrected chi connectivity index (χ0v) is 6.96. The summed E-state index contributed by atoms with van der Waals surface area (Å²) in [6, 6.07) is 0. The molecule has 1 rings (SSSR count). The van der Waals surface area contributed by atoms with Crippen LogP contribution in [0.25, 0.3) is 0 Å². The first kappa shape index (κ1) is 8.45. The molecule has 0 bridgehead atoms. The number of rotatable bonds is 2. The summed E-state index contributed by atoms with van der Waals surface area (Å²) in [5, 5.41) is 2.77. The second-order valence-corrected chi connectivity index (χ2v) is 2.29. The van der Waals surface area contributed by atoms with Crippen molar-refractivity contribution in [2.24, 2.45) is 5.73 Å². The van der Waals surface area contributed by atoms with Crippen molar-refractivity contribution >= 4 is 11.7 Å². The molecule has 5 nitrogen and oxygen atoms in total. The summed E-state index contributed by atoms with van der Waals surface area (Å²) in [5.41, 5.74) is 5.39. The number of hydrogen-bond donors (Lipinski definition) is 2. The van der Waals surface area contributed by atoms with E-state index in [-0.39, 0.29) is 0 Å². The fourth-order valence-corrected chi connectivity index (χ4v) is 0.841. The number of amides is 1. The van der Waals surface area contributed by atoms with Gasteiger partial charge in [-0.1, -0.05) is 0 Å². The Morgan fingerprint density at radius 2 is 2.33 bits per heavy atom. The number of anilines is 1. The van der Waals surface area contributed by atoms with Crippen molar-refractivity contribution in [2.45, 2.75) is 6.92 Å². The van der Waals surface area contributed by atoms with Gasteiger partial charge < -0.3 is 11.1 Å². The maximum Gasteiger partial charge on any atom is 0.254 e. The number of aromatic nitrogens is 2. The molecule has 1 heterocycles. The number of aryl methyl sites for hydroxylation is 1. The number of primary amides is 1. The molecule has 0 fully saturated rings. The van der Waals surface area contributed by atoms with Gasteiger partial charge in [-0.2, -0.15) is 0 Å². The maximum absolute atomic E-state index is 10.8. The molecule has 0 radical (unpaired) electrons. The van der Waals surface area contributed by atoms with Gasteiger partial charge in [-0.25, -0.2) is 9.97 Å². The minimum Gasteiger partial charge on any atom is -0.372 e. The van der Waals surface area contributed by atoms with Crippen LogP contribution in [0.1, 0.15) is 16.2 Å². The van der Waals surface area contributed by atoms with E-state index in [2.05, 4.69) is 15.3 Å². The number of nitrogens with zero attached hydrogens (tertiary/aromatic N) is 2. The third kappa shape index (κ3) is 1.50. The molecule has 0 spiro atoms. The number of nitrogens with two attached hydrogens (primary N) is 1. The number of hydrogen-bond acceptors (Lipinski definition) is 4. The number of nitrogens with one attached hydrogen (secondary N) is 1. The van der Waals surface area contributed by atoms with Crippen LogP contribution < -0.4 is 11.1 Å².